The summed E-state index contributed by atoms with van der Waals surface area (Å²) >= 11 is 6.00. The monoisotopic (exact) mass is 306 g/mol. The molecule has 1 aliphatic heterocycles. The molecular weight excluding hydrogens is 280 g/mol. The molecule has 21 heavy (non-hydrogen) atoms. The number of rotatable bonds is 2. The predicted molar refractivity (Wildman–Crippen MR) is 89.8 cm³/mol. The summed E-state index contributed by atoms with van der Waals surface area (Å²) in [6.07, 6.45) is 8.12. The number of nitrogens with one attached hydrogen (secondary N) is 1. The summed E-state index contributed by atoms with van der Waals surface area (Å²) in [5.41, 5.74) is 1.74. The minimum atomic E-state index is 0.370. The van der Waals surface area contributed by atoms with Crippen LogP contribution in [-0.4, -0.2) is 29.6 Å². The SMILES string of the molecule is CC1CCNC2(CCCCC2)CN1Cc1ccc(Cl)cc1. The van der Waals surface area contributed by atoms with E-state index < -0.39 is 0 Å². The Morgan fingerprint density at radius 3 is 2.62 bits per heavy atom. The largest absolute Gasteiger partial charge is 0.310 e. The van der Waals surface area contributed by atoms with Crippen LogP contribution in [-0.2, 0) is 6.54 Å². The molecule has 1 aromatic carbocycles. The van der Waals surface area contributed by atoms with Gasteiger partial charge in [0.2, 0.25) is 0 Å². The van der Waals surface area contributed by atoms with Crippen molar-refractivity contribution in [1.82, 2.24) is 10.2 Å². The lowest BCUT2D eigenvalue weighted by molar-refractivity contribution is 0.131. The summed E-state index contributed by atoms with van der Waals surface area (Å²) < 4.78 is 0. The van der Waals surface area contributed by atoms with Gasteiger partial charge in [-0.15, -0.1) is 0 Å². The van der Waals surface area contributed by atoms with Gasteiger partial charge in [-0.25, -0.2) is 0 Å². The lowest BCUT2D eigenvalue weighted by atomic mass is 9.81. The average molecular weight is 307 g/mol. The van der Waals surface area contributed by atoms with E-state index in [4.69, 9.17) is 11.6 Å². The van der Waals surface area contributed by atoms with Crippen molar-refractivity contribution in [3.05, 3.63) is 34.9 Å². The van der Waals surface area contributed by atoms with E-state index in [2.05, 4.69) is 29.3 Å². The van der Waals surface area contributed by atoms with E-state index in [1.54, 1.807) is 0 Å². The van der Waals surface area contributed by atoms with Gasteiger partial charge in [0.15, 0.2) is 0 Å². The van der Waals surface area contributed by atoms with Gasteiger partial charge < -0.3 is 5.32 Å². The molecule has 1 atom stereocenters. The predicted octanol–water partition coefficient (Wildman–Crippen LogP) is 4.23. The van der Waals surface area contributed by atoms with Gasteiger partial charge in [0, 0.05) is 29.7 Å². The Bertz CT molecular complexity index is 451. The first-order chi connectivity index (χ1) is 10.2. The topological polar surface area (TPSA) is 15.3 Å². The first kappa shape index (κ1) is 15.3. The van der Waals surface area contributed by atoms with Gasteiger partial charge in [-0.3, -0.25) is 4.90 Å². The Hall–Kier alpha value is -0.570. The van der Waals surface area contributed by atoms with E-state index in [9.17, 15) is 0 Å². The van der Waals surface area contributed by atoms with Crippen molar-refractivity contribution in [3.8, 4) is 0 Å². The third-order valence-electron chi connectivity index (χ3n) is 5.30. The highest BCUT2D eigenvalue weighted by molar-refractivity contribution is 6.30. The normalized spacial score (nSPS) is 26.7. The van der Waals surface area contributed by atoms with Crippen LogP contribution in [0, 0.1) is 0 Å². The van der Waals surface area contributed by atoms with Crippen molar-refractivity contribution in [3.63, 3.8) is 0 Å². The van der Waals surface area contributed by atoms with Crippen LogP contribution in [0.3, 0.4) is 0 Å². The molecule has 2 nitrogen and oxygen atoms in total. The fraction of sp³-hybridized carbons (Fsp3) is 0.667. The fourth-order valence-corrected chi connectivity index (χ4v) is 4.05. The second-order valence-corrected chi connectivity index (χ2v) is 7.37. The summed E-state index contributed by atoms with van der Waals surface area (Å²) in [6, 6.07) is 9.00. The van der Waals surface area contributed by atoms with E-state index in [1.807, 2.05) is 12.1 Å². The molecule has 2 fully saturated rings. The van der Waals surface area contributed by atoms with Crippen LogP contribution in [0.1, 0.15) is 51.0 Å². The fourth-order valence-electron chi connectivity index (χ4n) is 3.93. The van der Waals surface area contributed by atoms with E-state index in [0.29, 0.717) is 11.6 Å². The highest BCUT2D eigenvalue weighted by Crippen LogP contribution is 2.32. The van der Waals surface area contributed by atoms with Crippen LogP contribution in [0.2, 0.25) is 5.02 Å². The minimum absolute atomic E-state index is 0.370. The van der Waals surface area contributed by atoms with Gasteiger partial charge in [-0.05, 0) is 50.4 Å². The summed E-state index contributed by atoms with van der Waals surface area (Å²) in [7, 11) is 0. The van der Waals surface area contributed by atoms with Crippen LogP contribution in [0.5, 0.6) is 0 Å². The van der Waals surface area contributed by atoms with E-state index in [-0.39, 0.29) is 0 Å². The molecule has 1 heterocycles. The molecular formula is C18H27ClN2. The Morgan fingerprint density at radius 2 is 1.90 bits per heavy atom. The van der Waals surface area contributed by atoms with Crippen LogP contribution >= 0.6 is 11.6 Å². The minimum Gasteiger partial charge on any atom is -0.310 e. The van der Waals surface area contributed by atoms with Gasteiger partial charge in [0.1, 0.15) is 0 Å². The number of hydrogen-bond acceptors (Lipinski definition) is 2. The van der Waals surface area contributed by atoms with Gasteiger partial charge in [0.05, 0.1) is 0 Å². The number of hydrogen-bond donors (Lipinski definition) is 1. The van der Waals surface area contributed by atoms with Crippen LogP contribution in [0.4, 0.5) is 0 Å². The van der Waals surface area contributed by atoms with Gasteiger partial charge in [-0.2, -0.15) is 0 Å². The molecule has 0 bridgehead atoms. The third-order valence-corrected chi connectivity index (χ3v) is 5.55. The van der Waals surface area contributed by atoms with Gasteiger partial charge in [-0.1, -0.05) is 43.0 Å². The lowest BCUT2D eigenvalue weighted by Crippen LogP contribution is -2.53. The molecule has 0 amide bonds. The molecule has 116 valence electrons. The number of benzene rings is 1. The summed E-state index contributed by atoms with van der Waals surface area (Å²) in [6.45, 7) is 5.77. The van der Waals surface area contributed by atoms with E-state index >= 15 is 0 Å². The maximum atomic E-state index is 6.00. The molecule has 0 radical (unpaired) electrons. The highest BCUT2D eigenvalue weighted by atomic mass is 35.5. The maximum absolute atomic E-state index is 6.00. The summed E-state index contributed by atoms with van der Waals surface area (Å²) in [5, 5.41) is 4.72. The zero-order valence-corrected chi connectivity index (χ0v) is 13.8. The van der Waals surface area contributed by atoms with Crippen molar-refractivity contribution in [2.24, 2.45) is 0 Å². The Labute approximate surface area is 133 Å². The van der Waals surface area contributed by atoms with E-state index in [0.717, 1.165) is 18.1 Å². The van der Waals surface area contributed by atoms with Gasteiger partial charge in [0.25, 0.3) is 0 Å². The number of nitrogens with zero attached hydrogens (tertiary/aromatic N) is 1. The first-order valence-electron chi connectivity index (χ1n) is 8.40. The molecule has 3 rings (SSSR count). The van der Waals surface area contributed by atoms with Crippen molar-refractivity contribution < 1.29 is 0 Å². The molecule has 1 saturated heterocycles. The molecule has 1 unspecified atom stereocenters. The second kappa shape index (κ2) is 6.68. The average Bonchev–Trinajstić information content (AvgIpc) is 2.63. The van der Waals surface area contributed by atoms with Crippen LogP contribution in [0.25, 0.3) is 0 Å². The first-order valence-corrected chi connectivity index (χ1v) is 8.78. The standard InChI is InChI=1S/C18H27ClN2/c1-15-9-12-20-18(10-3-2-4-11-18)14-21(15)13-16-5-7-17(19)8-6-16/h5-8,15,20H,2-4,9-14H2,1H3. The van der Waals surface area contributed by atoms with E-state index in [1.165, 1.54) is 50.6 Å². The quantitative estimate of drug-likeness (QED) is 0.880. The Kier molecular flexibility index (Phi) is 4.88. The second-order valence-electron chi connectivity index (χ2n) is 6.94. The lowest BCUT2D eigenvalue weighted by Gasteiger charge is -2.41. The van der Waals surface area contributed by atoms with Crippen molar-refractivity contribution in [2.45, 2.75) is 63.6 Å². The molecule has 3 heteroatoms. The van der Waals surface area contributed by atoms with Gasteiger partial charge >= 0.3 is 0 Å². The van der Waals surface area contributed by atoms with Crippen LogP contribution in [0.15, 0.2) is 24.3 Å². The Balaban J connectivity index is 1.73. The number of halogens is 1. The van der Waals surface area contributed by atoms with Crippen molar-refractivity contribution in [2.75, 3.05) is 13.1 Å². The molecule has 1 aromatic rings. The molecule has 1 saturated carbocycles. The third kappa shape index (κ3) is 3.80. The molecule has 1 aliphatic carbocycles. The van der Waals surface area contributed by atoms with Crippen molar-refractivity contribution >= 4 is 11.6 Å². The molecule has 1 N–H and O–H groups in total. The molecule has 2 aliphatic rings. The molecule has 0 aromatic heterocycles. The summed E-state index contributed by atoms with van der Waals surface area (Å²) in [5.74, 6) is 0. The van der Waals surface area contributed by atoms with Crippen molar-refractivity contribution in [1.29, 1.82) is 0 Å². The molecule has 1 spiro atoms. The maximum Gasteiger partial charge on any atom is 0.0406 e. The highest BCUT2D eigenvalue weighted by Gasteiger charge is 2.36. The zero-order chi connectivity index (χ0) is 14.7. The smallest absolute Gasteiger partial charge is 0.0406 e. The Morgan fingerprint density at radius 1 is 1.19 bits per heavy atom. The zero-order valence-electron chi connectivity index (χ0n) is 13.1. The van der Waals surface area contributed by atoms with Crippen LogP contribution < -0.4 is 5.32 Å². The summed E-state index contributed by atoms with van der Waals surface area (Å²) in [4.78, 5) is 2.68.